The number of carbonyl (C=O) groups excluding carboxylic acids is 1. The van der Waals surface area contributed by atoms with Crippen LogP contribution in [0.2, 0.25) is 0 Å². The van der Waals surface area contributed by atoms with Crippen molar-refractivity contribution in [1.29, 1.82) is 0 Å². The predicted octanol–water partition coefficient (Wildman–Crippen LogP) is 1.82. The Morgan fingerprint density at radius 3 is 2.70 bits per heavy atom. The van der Waals surface area contributed by atoms with Crippen molar-refractivity contribution in [2.24, 2.45) is 5.92 Å². The van der Waals surface area contributed by atoms with Crippen molar-refractivity contribution in [2.75, 3.05) is 20.5 Å². The van der Waals surface area contributed by atoms with Gasteiger partial charge in [-0.25, -0.2) is 4.79 Å². The third-order valence-electron chi connectivity index (χ3n) is 5.08. The molecule has 2 aliphatic heterocycles. The summed E-state index contributed by atoms with van der Waals surface area (Å²) in [6.07, 6.45) is 0.520. The van der Waals surface area contributed by atoms with Crippen molar-refractivity contribution >= 4 is 5.97 Å². The van der Waals surface area contributed by atoms with Crippen LogP contribution < -0.4 is 14.2 Å². The van der Waals surface area contributed by atoms with Crippen molar-refractivity contribution in [3.63, 3.8) is 0 Å². The second-order valence-corrected chi connectivity index (χ2v) is 6.79. The number of cyclic esters (lactones) is 1. The lowest BCUT2D eigenvalue weighted by molar-refractivity contribution is -0.154. The Morgan fingerprint density at radius 2 is 1.89 bits per heavy atom. The molecule has 2 aromatic carbocycles. The molecular weight excluding hydrogens is 352 g/mol. The Labute approximate surface area is 156 Å². The van der Waals surface area contributed by atoms with Crippen molar-refractivity contribution in [1.82, 2.24) is 0 Å². The lowest BCUT2D eigenvalue weighted by atomic mass is 9.81. The lowest BCUT2D eigenvalue weighted by Crippen LogP contribution is -2.44. The molecule has 0 bridgehead atoms. The first-order valence-electron chi connectivity index (χ1n) is 8.63. The largest absolute Gasteiger partial charge is 0.504 e. The maximum atomic E-state index is 12.3. The van der Waals surface area contributed by atoms with Crippen LogP contribution in [0.4, 0.5) is 0 Å². The van der Waals surface area contributed by atoms with E-state index in [-0.39, 0.29) is 31.3 Å². The number of aliphatic hydroxyl groups is 1. The minimum absolute atomic E-state index is 0.000789. The van der Waals surface area contributed by atoms with Gasteiger partial charge in [0.1, 0.15) is 0 Å². The summed E-state index contributed by atoms with van der Waals surface area (Å²) in [6.45, 7) is 0.329. The molecule has 0 aromatic heterocycles. The van der Waals surface area contributed by atoms with Gasteiger partial charge in [0.05, 0.1) is 13.7 Å². The van der Waals surface area contributed by atoms with Crippen LogP contribution in [0.15, 0.2) is 36.4 Å². The van der Waals surface area contributed by atoms with E-state index in [1.807, 2.05) is 18.2 Å². The van der Waals surface area contributed by atoms with E-state index in [9.17, 15) is 15.0 Å². The zero-order chi connectivity index (χ0) is 19.0. The second-order valence-electron chi connectivity index (χ2n) is 6.79. The number of methoxy groups -OCH3 is 1. The number of hydrogen-bond donors (Lipinski definition) is 2. The fourth-order valence-electron chi connectivity index (χ4n) is 3.55. The Bertz CT molecular complexity index is 879. The molecule has 0 aliphatic carbocycles. The van der Waals surface area contributed by atoms with Crippen molar-refractivity contribution in [3.8, 4) is 23.0 Å². The normalized spacial score (nSPS) is 23.3. The van der Waals surface area contributed by atoms with Gasteiger partial charge in [-0.1, -0.05) is 12.1 Å². The number of phenols is 1. The van der Waals surface area contributed by atoms with E-state index < -0.39 is 17.5 Å². The quantitative estimate of drug-likeness (QED) is 0.773. The molecular formula is C20H20O7. The Hall–Kier alpha value is -2.93. The van der Waals surface area contributed by atoms with E-state index in [0.717, 1.165) is 5.56 Å². The molecule has 1 fully saturated rings. The summed E-state index contributed by atoms with van der Waals surface area (Å²) in [4.78, 5) is 12.3. The Balaban J connectivity index is 1.56. The zero-order valence-corrected chi connectivity index (χ0v) is 14.8. The SMILES string of the molecule is COc1cc(C[C@@]2(O)C(=O)OC[C@@H]2Cc2ccc3c(c2)OCO3)ccc1O. The van der Waals surface area contributed by atoms with E-state index in [2.05, 4.69) is 0 Å². The monoisotopic (exact) mass is 372 g/mol. The van der Waals surface area contributed by atoms with Crippen molar-refractivity contribution < 1.29 is 34.0 Å². The number of aromatic hydroxyl groups is 1. The average Bonchev–Trinajstić information content (AvgIpc) is 3.23. The number of ether oxygens (including phenoxy) is 4. The lowest BCUT2D eigenvalue weighted by Gasteiger charge is -2.25. The van der Waals surface area contributed by atoms with Gasteiger partial charge in [-0.05, 0) is 41.8 Å². The topological polar surface area (TPSA) is 94.5 Å². The Kier molecular flexibility index (Phi) is 4.31. The summed E-state index contributed by atoms with van der Waals surface area (Å²) >= 11 is 0. The van der Waals surface area contributed by atoms with Gasteiger partial charge in [0, 0.05) is 12.3 Å². The standard InChI is InChI=1S/C20H20O7/c1-24-17-8-13(2-4-15(17)21)9-20(23)14(10-25-19(20)22)6-12-3-5-16-18(7-12)27-11-26-16/h2-5,7-8,14,21,23H,6,9-11H2,1H3/t14-,20-/m0/s1. The number of hydrogen-bond acceptors (Lipinski definition) is 7. The van der Waals surface area contributed by atoms with Gasteiger partial charge in [-0.2, -0.15) is 0 Å². The fourth-order valence-corrected chi connectivity index (χ4v) is 3.55. The van der Waals surface area contributed by atoms with Gasteiger partial charge >= 0.3 is 5.97 Å². The van der Waals surface area contributed by atoms with Gasteiger partial charge in [-0.15, -0.1) is 0 Å². The van der Waals surface area contributed by atoms with Crippen LogP contribution in [0.1, 0.15) is 11.1 Å². The van der Waals surface area contributed by atoms with Crippen molar-refractivity contribution in [2.45, 2.75) is 18.4 Å². The molecule has 2 N–H and O–H groups in total. The highest BCUT2D eigenvalue weighted by atomic mass is 16.7. The van der Waals surface area contributed by atoms with Gasteiger partial charge in [-0.3, -0.25) is 0 Å². The smallest absolute Gasteiger partial charge is 0.338 e. The van der Waals surface area contributed by atoms with E-state index in [0.29, 0.717) is 23.5 Å². The summed E-state index contributed by atoms with van der Waals surface area (Å²) in [5.74, 6) is 0.577. The first-order chi connectivity index (χ1) is 13.0. The van der Waals surface area contributed by atoms with E-state index in [1.165, 1.54) is 13.2 Å². The van der Waals surface area contributed by atoms with E-state index >= 15 is 0 Å². The number of fused-ring (bicyclic) bond motifs is 1. The highest BCUT2D eigenvalue weighted by molar-refractivity contribution is 5.82. The molecule has 1 saturated heterocycles. The zero-order valence-electron chi connectivity index (χ0n) is 14.8. The maximum absolute atomic E-state index is 12.3. The number of esters is 1. The molecule has 0 spiro atoms. The molecule has 142 valence electrons. The molecule has 0 saturated carbocycles. The van der Waals surface area contributed by atoms with Gasteiger partial charge in [0.2, 0.25) is 6.79 Å². The van der Waals surface area contributed by atoms with Crippen LogP contribution in [0.3, 0.4) is 0 Å². The summed E-state index contributed by atoms with van der Waals surface area (Å²) < 4.78 is 21.0. The van der Waals surface area contributed by atoms with E-state index in [1.54, 1.807) is 12.1 Å². The molecule has 2 aromatic rings. The van der Waals surface area contributed by atoms with Crippen LogP contribution in [0.5, 0.6) is 23.0 Å². The minimum Gasteiger partial charge on any atom is -0.504 e. The molecule has 0 unspecified atom stereocenters. The van der Waals surface area contributed by atoms with Gasteiger partial charge in [0.25, 0.3) is 0 Å². The third-order valence-corrected chi connectivity index (χ3v) is 5.08. The van der Waals surface area contributed by atoms with E-state index in [4.69, 9.17) is 18.9 Å². The van der Waals surface area contributed by atoms with Crippen LogP contribution >= 0.6 is 0 Å². The molecule has 7 heteroatoms. The first kappa shape index (κ1) is 17.5. The summed E-state index contributed by atoms with van der Waals surface area (Å²) in [6, 6.07) is 10.3. The van der Waals surface area contributed by atoms with Crippen molar-refractivity contribution in [3.05, 3.63) is 47.5 Å². The molecule has 27 heavy (non-hydrogen) atoms. The first-order valence-corrected chi connectivity index (χ1v) is 8.63. The van der Waals surface area contributed by atoms with Crippen LogP contribution in [-0.2, 0) is 22.4 Å². The number of benzene rings is 2. The van der Waals surface area contributed by atoms with Gasteiger partial charge in [0.15, 0.2) is 28.6 Å². The number of rotatable bonds is 5. The highest BCUT2D eigenvalue weighted by Gasteiger charge is 2.51. The fraction of sp³-hybridized carbons (Fsp3) is 0.350. The number of phenolic OH excluding ortho intramolecular Hbond substituents is 1. The molecule has 2 aliphatic rings. The molecule has 0 radical (unpaired) electrons. The van der Waals surface area contributed by atoms with Crippen LogP contribution in [0, 0.1) is 5.92 Å². The highest BCUT2D eigenvalue weighted by Crippen LogP contribution is 2.38. The molecule has 2 heterocycles. The average molecular weight is 372 g/mol. The summed E-state index contributed by atoms with van der Waals surface area (Å²) in [5.41, 5.74) is -0.0656. The van der Waals surface area contributed by atoms with Crippen LogP contribution in [-0.4, -0.2) is 42.3 Å². The Morgan fingerprint density at radius 1 is 1.11 bits per heavy atom. The molecule has 0 amide bonds. The third kappa shape index (κ3) is 3.14. The summed E-state index contributed by atoms with van der Waals surface area (Å²) in [5, 5.41) is 20.9. The minimum atomic E-state index is -1.65. The predicted molar refractivity (Wildman–Crippen MR) is 94.0 cm³/mol. The second kappa shape index (κ2) is 6.66. The van der Waals surface area contributed by atoms with Crippen LogP contribution in [0.25, 0.3) is 0 Å². The molecule has 7 nitrogen and oxygen atoms in total. The summed E-state index contributed by atoms with van der Waals surface area (Å²) in [7, 11) is 1.44. The maximum Gasteiger partial charge on any atom is 0.338 e. The van der Waals surface area contributed by atoms with Gasteiger partial charge < -0.3 is 29.2 Å². The molecule has 2 atom stereocenters. The number of carbonyl (C=O) groups is 1. The molecule has 4 rings (SSSR count).